The quantitative estimate of drug-likeness (QED) is 0.560. The SMILES string of the molecule is CC(C)Cc1ccc([C@H](C)C(N)=Nc2ccc(Br)cc2)cc1. The molecule has 0 aliphatic carbocycles. The zero-order valence-corrected chi connectivity index (χ0v) is 15.0. The minimum absolute atomic E-state index is 0.108. The van der Waals surface area contributed by atoms with Gasteiger partial charge in [-0.05, 0) is 47.7 Å². The lowest BCUT2D eigenvalue weighted by molar-refractivity contribution is 0.647. The lowest BCUT2D eigenvalue weighted by Crippen LogP contribution is -2.19. The Balaban J connectivity index is 2.12. The van der Waals surface area contributed by atoms with Gasteiger partial charge in [0.15, 0.2) is 0 Å². The highest BCUT2D eigenvalue weighted by atomic mass is 79.9. The first kappa shape index (κ1) is 16.8. The van der Waals surface area contributed by atoms with E-state index in [2.05, 4.69) is 66.0 Å². The van der Waals surface area contributed by atoms with Crippen molar-refractivity contribution in [2.45, 2.75) is 33.1 Å². The highest BCUT2D eigenvalue weighted by Gasteiger charge is 2.10. The van der Waals surface area contributed by atoms with E-state index in [9.17, 15) is 0 Å². The van der Waals surface area contributed by atoms with E-state index in [0.717, 1.165) is 16.6 Å². The Labute approximate surface area is 141 Å². The van der Waals surface area contributed by atoms with Gasteiger partial charge in [-0.25, -0.2) is 4.99 Å². The van der Waals surface area contributed by atoms with Gasteiger partial charge in [0.2, 0.25) is 0 Å². The molecule has 0 aromatic heterocycles. The zero-order valence-electron chi connectivity index (χ0n) is 13.4. The molecule has 2 rings (SSSR count). The normalized spacial score (nSPS) is 13.4. The van der Waals surface area contributed by atoms with Crippen molar-refractivity contribution in [1.82, 2.24) is 0 Å². The fourth-order valence-electron chi connectivity index (χ4n) is 2.35. The van der Waals surface area contributed by atoms with E-state index in [-0.39, 0.29) is 5.92 Å². The summed E-state index contributed by atoms with van der Waals surface area (Å²) < 4.78 is 1.04. The third-order valence-electron chi connectivity index (χ3n) is 3.65. The van der Waals surface area contributed by atoms with Gasteiger partial charge in [-0.3, -0.25) is 0 Å². The van der Waals surface area contributed by atoms with E-state index in [1.807, 2.05) is 24.3 Å². The molecule has 0 fully saturated rings. The van der Waals surface area contributed by atoms with Gasteiger partial charge in [-0.15, -0.1) is 0 Å². The van der Waals surface area contributed by atoms with Crippen LogP contribution in [0.5, 0.6) is 0 Å². The van der Waals surface area contributed by atoms with Crippen LogP contribution < -0.4 is 5.73 Å². The lowest BCUT2D eigenvalue weighted by atomic mass is 9.96. The first-order chi connectivity index (χ1) is 10.5. The van der Waals surface area contributed by atoms with Gasteiger partial charge in [0, 0.05) is 10.4 Å². The number of nitrogens with zero attached hydrogens (tertiary/aromatic N) is 1. The van der Waals surface area contributed by atoms with E-state index in [4.69, 9.17) is 5.73 Å². The maximum absolute atomic E-state index is 6.18. The van der Waals surface area contributed by atoms with Crippen molar-refractivity contribution >= 4 is 27.5 Å². The zero-order chi connectivity index (χ0) is 16.1. The number of aliphatic imine (C=N–C) groups is 1. The molecule has 0 saturated heterocycles. The number of amidine groups is 1. The molecule has 0 spiro atoms. The van der Waals surface area contributed by atoms with Crippen LogP contribution >= 0.6 is 15.9 Å². The van der Waals surface area contributed by atoms with Crippen molar-refractivity contribution in [3.8, 4) is 0 Å². The average molecular weight is 359 g/mol. The van der Waals surface area contributed by atoms with Crippen LogP contribution in [0.15, 0.2) is 58.0 Å². The molecule has 2 aromatic rings. The molecule has 0 aliphatic heterocycles. The maximum atomic E-state index is 6.18. The van der Waals surface area contributed by atoms with Gasteiger partial charge in [0.25, 0.3) is 0 Å². The number of halogens is 1. The Morgan fingerprint density at radius 3 is 2.14 bits per heavy atom. The Hall–Kier alpha value is -1.61. The number of nitrogens with two attached hydrogens (primary N) is 1. The van der Waals surface area contributed by atoms with Crippen LogP contribution in [0.3, 0.4) is 0 Å². The van der Waals surface area contributed by atoms with Crippen LogP contribution in [-0.4, -0.2) is 5.84 Å². The van der Waals surface area contributed by atoms with Gasteiger partial charge in [0.1, 0.15) is 5.84 Å². The fourth-order valence-corrected chi connectivity index (χ4v) is 2.61. The van der Waals surface area contributed by atoms with Gasteiger partial charge in [-0.1, -0.05) is 61.0 Å². The second kappa shape index (κ2) is 7.59. The first-order valence-corrected chi connectivity index (χ1v) is 8.43. The second-order valence-corrected chi connectivity index (χ2v) is 6.99. The highest BCUT2D eigenvalue weighted by molar-refractivity contribution is 9.10. The van der Waals surface area contributed by atoms with Crippen molar-refractivity contribution in [3.05, 3.63) is 64.1 Å². The number of benzene rings is 2. The Morgan fingerprint density at radius 2 is 1.59 bits per heavy atom. The van der Waals surface area contributed by atoms with Crippen molar-refractivity contribution in [2.75, 3.05) is 0 Å². The summed E-state index contributed by atoms with van der Waals surface area (Å²) in [6.07, 6.45) is 1.11. The molecular weight excluding hydrogens is 336 g/mol. The predicted octanol–water partition coefficient (Wildman–Crippen LogP) is 5.44. The third kappa shape index (κ3) is 4.70. The standard InChI is InChI=1S/C19H23BrN2/c1-13(2)12-15-4-6-16(7-5-15)14(3)19(21)22-18-10-8-17(20)9-11-18/h4-11,13-14H,12H2,1-3H3,(H2,21,22)/t14-/m0/s1. The van der Waals surface area contributed by atoms with Crippen LogP contribution in [0, 0.1) is 5.92 Å². The number of hydrogen-bond donors (Lipinski definition) is 1. The van der Waals surface area contributed by atoms with Crippen LogP contribution in [0.25, 0.3) is 0 Å². The van der Waals surface area contributed by atoms with Gasteiger partial charge in [-0.2, -0.15) is 0 Å². The molecular formula is C19H23BrN2. The molecule has 2 nitrogen and oxygen atoms in total. The average Bonchev–Trinajstić information content (AvgIpc) is 2.49. The molecule has 0 heterocycles. The molecule has 0 bridgehead atoms. The molecule has 3 heteroatoms. The Kier molecular flexibility index (Phi) is 5.78. The topological polar surface area (TPSA) is 38.4 Å². The molecule has 0 amide bonds. The van der Waals surface area contributed by atoms with E-state index in [0.29, 0.717) is 11.8 Å². The minimum atomic E-state index is 0.108. The van der Waals surface area contributed by atoms with Gasteiger partial charge in [0.05, 0.1) is 5.69 Å². The summed E-state index contributed by atoms with van der Waals surface area (Å²) in [6.45, 7) is 6.56. The molecule has 0 aliphatic rings. The predicted molar refractivity (Wildman–Crippen MR) is 98.8 cm³/mol. The van der Waals surface area contributed by atoms with Gasteiger partial charge >= 0.3 is 0 Å². The van der Waals surface area contributed by atoms with Crippen molar-refractivity contribution in [3.63, 3.8) is 0 Å². The summed E-state index contributed by atoms with van der Waals surface area (Å²) in [4.78, 5) is 4.52. The highest BCUT2D eigenvalue weighted by Crippen LogP contribution is 2.21. The van der Waals surface area contributed by atoms with Crippen molar-refractivity contribution in [1.29, 1.82) is 0 Å². The van der Waals surface area contributed by atoms with Crippen LogP contribution in [0.2, 0.25) is 0 Å². The molecule has 0 unspecified atom stereocenters. The number of rotatable bonds is 5. The summed E-state index contributed by atoms with van der Waals surface area (Å²) in [5, 5.41) is 0. The molecule has 0 radical (unpaired) electrons. The van der Waals surface area contributed by atoms with Crippen molar-refractivity contribution < 1.29 is 0 Å². The summed E-state index contributed by atoms with van der Waals surface area (Å²) in [5.74, 6) is 1.42. The van der Waals surface area contributed by atoms with E-state index < -0.39 is 0 Å². The van der Waals surface area contributed by atoms with Gasteiger partial charge < -0.3 is 5.73 Å². The first-order valence-electron chi connectivity index (χ1n) is 7.64. The van der Waals surface area contributed by atoms with E-state index in [1.165, 1.54) is 11.1 Å². The molecule has 1 atom stereocenters. The second-order valence-electron chi connectivity index (χ2n) is 6.07. The smallest absolute Gasteiger partial charge is 0.107 e. The molecule has 2 aromatic carbocycles. The largest absolute Gasteiger partial charge is 0.387 e. The van der Waals surface area contributed by atoms with Crippen molar-refractivity contribution in [2.24, 2.45) is 16.6 Å². The summed E-state index contributed by atoms with van der Waals surface area (Å²) in [6, 6.07) is 16.6. The minimum Gasteiger partial charge on any atom is -0.387 e. The van der Waals surface area contributed by atoms with Crippen LogP contribution in [0.1, 0.15) is 37.8 Å². The monoisotopic (exact) mass is 358 g/mol. The molecule has 2 N–H and O–H groups in total. The Morgan fingerprint density at radius 1 is 1.00 bits per heavy atom. The van der Waals surface area contributed by atoms with E-state index in [1.54, 1.807) is 0 Å². The summed E-state index contributed by atoms with van der Waals surface area (Å²) in [7, 11) is 0. The van der Waals surface area contributed by atoms with E-state index >= 15 is 0 Å². The lowest BCUT2D eigenvalue weighted by Gasteiger charge is -2.13. The third-order valence-corrected chi connectivity index (χ3v) is 4.18. The molecule has 116 valence electrons. The molecule has 22 heavy (non-hydrogen) atoms. The van der Waals surface area contributed by atoms with Crippen LogP contribution in [-0.2, 0) is 6.42 Å². The maximum Gasteiger partial charge on any atom is 0.107 e. The Bertz CT molecular complexity index is 627. The fraction of sp³-hybridized carbons (Fsp3) is 0.316. The molecule has 0 saturated carbocycles. The van der Waals surface area contributed by atoms with Crippen LogP contribution in [0.4, 0.5) is 5.69 Å². The summed E-state index contributed by atoms with van der Waals surface area (Å²) in [5.41, 5.74) is 9.62. The number of hydrogen-bond acceptors (Lipinski definition) is 1. The summed E-state index contributed by atoms with van der Waals surface area (Å²) >= 11 is 3.42.